The molecule has 35 heavy (non-hydrogen) atoms. The quantitative estimate of drug-likeness (QED) is 0.370. The molecule has 0 aliphatic heterocycles. The first kappa shape index (κ1) is 23.9. The van der Waals surface area contributed by atoms with E-state index in [4.69, 9.17) is 4.74 Å². The van der Waals surface area contributed by atoms with Crippen LogP contribution in [-0.2, 0) is 4.74 Å². The second-order valence-electron chi connectivity index (χ2n) is 7.28. The summed E-state index contributed by atoms with van der Waals surface area (Å²) < 4.78 is 19.4. The molecule has 1 aromatic heterocycles. The van der Waals surface area contributed by atoms with Crippen molar-refractivity contribution in [3.63, 3.8) is 0 Å². The summed E-state index contributed by atoms with van der Waals surface area (Å²) in [5, 5.41) is 7.67. The van der Waals surface area contributed by atoms with Gasteiger partial charge in [0.05, 0.1) is 17.9 Å². The fourth-order valence-electron chi connectivity index (χ4n) is 3.15. The first-order valence-corrected chi connectivity index (χ1v) is 11.5. The Morgan fingerprint density at radius 2 is 1.71 bits per heavy atom. The molecule has 0 atom stereocenters. The highest BCUT2D eigenvalue weighted by molar-refractivity contribution is 7.99. The second kappa shape index (κ2) is 10.8. The smallest absolute Gasteiger partial charge is 0.338 e. The lowest BCUT2D eigenvalue weighted by molar-refractivity contribution is 0.0526. The molecule has 7 nitrogen and oxygen atoms in total. The standard InChI is InChI=1S/C26H20FN3O4S/c1-2-34-26(33)18-4-3-5-20(16-18)28-25(32)17-6-10-21(11-7-17)30-24(31)15-14-23(29-30)35-22-12-8-19(27)9-13-22/h3-16H,2H2,1H3,(H,28,32). The van der Waals surface area contributed by atoms with E-state index in [0.29, 0.717) is 27.5 Å². The first-order chi connectivity index (χ1) is 16.9. The summed E-state index contributed by atoms with van der Waals surface area (Å²) in [7, 11) is 0. The third-order valence-corrected chi connectivity index (χ3v) is 5.75. The molecule has 4 aromatic rings. The molecule has 0 saturated heterocycles. The maximum absolute atomic E-state index is 13.1. The molecular formula is C26H20FN3O4S. The molecule has 1 amide bonds. The summed E-state index contributed by atoms with van der Waals surface area (Å²) in [4.78, 5) is 37.8. The minimum Gasteiger partial charge on any atom is -0.462 e. The normalized spacial score (nSPS) is 10.6. The summed E-state index contributed by atoms with van der Waals surface area (Å²) in [6.45, 7) is 1.98. The number of hydrogen-bond acceptors (Lipinski definition) is 6. The third-order valence-electron chi connectivity index (χ3n) is 4.82. The van der Waals surface area contributed by atoms with Crippen molar-refractivity contribution in [2.24, 2.45) is 0 Å². The number of rotatable bonds is 7. The Kier molecular flexibility index (Phi) is 7.37. The predicted octanol–water partition coefficient (Wildman–Crippen LogP) is 4.95. The lowest BCUT2D eigenvalue weighted by Gasteiger charge is -2.09. The van der Waals surface area contributed by atoms with E-state index >= 15 is 0 Å². The number of ether oxygens (including phenoxy) is 1. The topological polar surface area (TPSA) is 90.3 Å². The number of esters is 1. The zero-order valence-corrected chi connectivity index (χ0v) is 19.4. The van der Waals surface area contributed by atoms with Gasteiger partial charge < -0.3 is 10.1 Å². The minimum atomic E-state index is -0.467. The molecule has 3 aromatic carbocycles. The summed E-state index contributed by atoms with van der Waals surface area (Å²) in [6, 6.07) is 21.8. The van der Waals surface area contributed by atoms with Crippen LogP contribution in [0.25, 0.3) is 5.69 Å². The van der Waals surface area contributed by atoms with Gasteiger partial charge in [-0.05, 0) is 79.7 Å². The molecule has 0 bridgehead atoms. The molecule has 0 fully saturated rings. The Labute approximate surface area is 204 Å². The lowest BCUT2D eigenvalue weighted by atomic mass is 10.1. The number of nitrogens with one attached hydrogen (secondary N) is 1. The minimum absolute atomic E-state index is 0.257. The maximum Gasteiger partial charge on any atom is 0.338 e. The van der Waals surface area contributed by atoms with Crippen molar-refractivity contribution in [3.8, 4) is 5.69 Å². The van der Waals surface area contributed by atoms with E-state index in [-0.39, 0.29) is 23.9 Å². The Morgan fingerprint density at radius 3 is 2.43 bits per heavy atom. The molecule has 176 valence electrons. The van der Waals surface area contributed by atoms with Gasteiger partial charge in [-0.15, -0.1) is 0 Å². The highest BCUT2D eigenvalue weighted by atomic mass is 32.2. The van der Waals surface area contributed by atoms with Crippen LogP contribution in [0.1, 0.15) is 27.6 Å². The average molecular weight is 490 g/mol. The van der Waals surface area contributed by atoms with Crippen molar-refractivity contribution in [2.75, 3.05) is 11.9 Å². The van der Waals surface area contributed by atoms with E-state index in [1.165, 1.54) is 40.7 Å². The molecule has 1 heterocycles. The van der Waals surface area contributed by atoms with Crippen LogP contribution in [0.2, 0.25) is 0 Å². The molecular weight excluding hydrogens is 469 g/mol. The number of carbonyl (C=O) groups is 2. The van der Waals surface area contributed by atoms with Crippen LogP contribution < -0.4 is 10.9 Å². The molecule has 9 heteroatoms. The van der Waals surface area contributed by atoms with Crippen molar-refractivity contribution in [1.29, 1.82) is 0 Å². The molecule has 0 saturated carbocycles. The predicted molar refractivity (Wildman–Crippen MR) is 131 cm³/mol. The number of carbonyl (C=O) groups excluding carboxylic acids is 2. The van der Waals surface area contributed by atoms with Crippen molar-refractivity contribution in [2.45, 2.75) is 16.8 Å². The monoisotopic (exact) mass is 489 g/mol. The Balaban J connectivity index is 1.49. The van der Waals surface area contributed by atoms with Gasteiger partial charge in [-0.2, -0.15) is 9.78 Å². The van der Waals surface area contributed by atoms with Crippen LogP contribution in [0.5, 0.6) is 0 Å². The third kappa shape index (κ3) is 6.01. The maximum atomic E-state index is 13.1. The first-order valence-electron chi connectivity index (χ1n) is 10.7. The molecule has 0 aliphatic carbocycles. The molecule has 0 spiro atoms. The average Bonchev–Trinajstić information content (AvgIpc) is 2.87. The zero-order chi connectivity index (χ0) is 24.8. The van der Waals surface area contributed by atoms with Gasteiger partial charge in [-0.1, -0.05) is 17.8 Å². The van der Waals surface area contributed by atoms with Crippen LogP contribution in [0.4, 0.5) is 10.1 Å². The Bertz CT molecular complexity index is 1420. The molecule has 4 rings (SSSR count). The van der Waals surface area contributed by atoms with E-state index in [2.05, 4.69) is 10.4 Å². The van der Waals surface area contributed by atoms with Gasteiger partial charge >= 0.3 is 5.97 Å². The van der Waals surface area contributed by atoms with E-state index < -0.39 is 5.97 Å². The summed E-state index contributed by atoms with van der Waals surface area (Å²) in [5.41, 5.74) is 1.30. The van der Waals surface area contributed by atoms with E-state index in [1.807, 2.05) is 0 Å². The number of nitrogens with zero attached hydrogens (tertiary/aromatic N) is 2. The molecule has 1 N–H and O–H groups in total. The van der Waals surface area contributed by atoms with Crippen LogP contribution in [-0.4, -0.2) is 28.3 Å². The zero-order valence-electron chi connectivity index (χ0n) is 18.6. The molecule has 0 radical (unpaired) electrons. The van der Waals surface area contributed by atoms with Gasteiger partial charge in [-0.3, -0.25) is 9.59 Å². The van der Waals surface area contributed by atoms with E-state index in [9.17, 15) is 18.8 Å². The number of amides is 1. The number of benzene rings is 3. The van der Waals surface area contributed by atoms with Gasteiger partial charge in [0.2, 0.25) is 0 Å². The second-order valence-corrected chi connectivity index (χ2v) is 8.37. The highest BCUT2D eigenvalue weighted by Crippen LogP contribution is 2.25. The fraction of sp³-hybridized carbons (Fsp3) is 0.0769. The van der Waals surface area contributed by atoms with E-state index in [1.54, 1.807) is 67.6 Å². The highest BCUT2D eigenvalue weighted by Gasteiger charge is 2.11. The van der Waals surface area contributed by atoms with Crippen molar-refractivity contribution in [3.05, 3.63) is 112 Å². The van der Waals surface area contributed by atoms with E-state index in [0.717, 1.165) is 4.90 Å². The van der Waals surface area contributed by atoms with Gasteiger partial charge in [0.15, 0.2) is 0 Å². The van der Waals surface area contributed by atoms with Gasteiger partial charge in [0.1, 0.15) is 10.8 Å². The number of aromatic nitrogens is 2. The Hall–Kier alpha value is -4.24. The fourth-order valence-corrected chi connectivity index (χ4v) is 3.92. The number of hydrogen-bond donors (Lipinski definition) is 1. The van der Waals surface area contributed by atoms with Gasteiger partial charge in [0, 0.05) is 22.2 Å². The lowest BCUT2D eigenvalue weighted by Crippen LogP contribution is -2.20. The number of anilines is 1. The largest absolute Gasteiger partial charge is 0.462 e. The van der Waals surface area contributed by atoms with Gasteiger partial charge in [-0.25, -0.2) is 9.18 Å². The van der Waals surface area contributed by atoms with Crippen LogP contribution in [0.15, 0.2) is 99.6 Å². The number of halogens is 1. The molecule has 0 aliphatic rings. The molecule has 0 unspecified atom stereocenters. The van der Waals surface area contributed by atoms with Crippen molar-refractivity contribution < 1.29 is 18.7 Å². The van der Waals surface area contributed by atoms with Crippen LogP contribution >= 0.6 is 11.8 Å². The summed E-state index contributed by atoms with van der Waals surface area (Å²) in [5.74, 6) is -1.17. The van der Waals surface area contributed by atoms with Crippen LogP contribution in [0, 0.1) is 5.82 Å². The van der Waals surface area contributed by atoms with Crippen LogP contribution in [0.3, 0.4) is 0 Å². The van der Waals surface area contributed by atoms with Gasteiger partial charge in [0.25, 0.3) is 11.5 Å². The summed E-state index contributed by atoms with van der Waals surface area (Å²) in [6.07, 6.45) is 0. The van der Waals surface area contributed by atoms with Crippen molar-refractivity contribution in [1.82, 2.24) is 9.78 Å². The Morgan fingerprint density at radius 1 is 0.971 bits per heavy atom. The van der Waals surface area contributed by atoms with Crippen molar-refractivity contribution >= 4 is 29.3 Å². The SMILES string of the molecule is CCOC(=O)c1cccc(NC(=O)c2ccc(-n3nc(Sc4ccc(F)cc4)ccc3=O)cc2)c1. The summed E-state index contributed by atoms with van der Waals surface area (Å²) >= 11 is 1.29.